The van der Waals surface area contributed by atoms with Crippen molar-refractivity contribution in [2.45, 2.75) is 0 Å². The van der Waals surface area contributed by atoms with Crippen LogP contribution in [0.4, 0.5) is 4.79 Å². The predicted molar refractivity (Wildman–Crippen MR) is 94.2 cm³/mol. The number of rotatable bonds is 2. The van der Waals surface area contributed by atoms with Crippen molar-refractivity contribution < 1.29 is 9.59 Å². The molecule has 4 rings (SSSR count). The summed E-state index contributed by atoms with van der Waals surface area (Å²) in [5.41, 5.74) is 2.89. The number of aromatic nitrogens is 1. The van der Waals surface area contributed by atoms with Crippen LogP contribution in [-0.2, 0) is 4.79 Å². The molecule has 0 unspecified atom stereocenters. The number of nitrogens with zero attached hydrogens (tertiary/aromatic N) is 1. The van der Waals surface area contributed by atoms with Crippen molar-refractivity contribution in [3.8, 4) is 10.4 Å². The van der Waals surface area contributed by atoms with Crippen molar-refractivity contribution in [2.75, 3.05) is 0 Å². The third-order valence-corrected chi connectivity index (χ3v) is 5.21. The number of carbonyl (C=O) groups excluding carboxylic acids is 2. The number of carbonyl (C=O) groups is 2. The summed E-state index contributed by atoms with van der Waals surface area (Å²) in [6.07, 6.45) is 3.53. The lowest BCUT2D eigenvalue weighted by Gasteiger charge is -2.05. The van der Waals surface area contributed by atoms with Gasteiger partial charge in [0.2, 0.25) is 0 Å². The molecule has 6 heteroatoms. The molecule has 2 aromatic heterocycles. The van der Waals surface area contributed by atoms with E-state index in [4.69, 9.17) is 0 Å². The standard InChI is InChI=1S/C17H10N2O2S2/c20-16-15(23-17(21)19-16)9-10-3-4-13-12(8-10)11(5-6-18-13)14-2-1-7-22-14/h1-9H,(H,19,20,21)/b15-9+. The molecule has 0 radical (unpaired) electrons. The zero-order valence-electron chi connectivity index (χ0n) is 11.8. The Bertz CT molecular complexity index is 962. The van der Waals surface area contributed by atoms with Gasteiger partial charge < -0.3 is 0 Å². The molecule has 1 N–H and O–H groups in total. The van der Waals surface area contributed by atoms with E-state index in [9.17, 15) is 9.59 Å². The van der Waals surface area contributed by atoms with Crippen molar-refractivity contribution >= 4 is 51.2 Å². The molecule has 23 heavy (non-hydrogen) atoms. The summed E-state index contributed by atoms with van der Waals surface area (Å²) in [5.74, 6) is -0.343. The van der Waals surface area contributed by atoms with Crippen molar-refractivity contribution in [2.24, 2.45) is 0 Å². The van der Waals surface area contributed by atoms with Crippen LogP contribution in [0.25, 0.3) is 27.4 Å². The number of hydrogen-bond donors (Lipinski definition) is 1. The Kier molecular flexibility index (Phi) is 3.48. The largest absolute Gasteiger partial charge is 0.290 e. The van der Waals surface area contributed by atoms with Gasteiger partial charge in [-0.15, -0.1) is 11.3 Å². The highest BCUT2D eigenvalue weighted by molar-refractivity contribution is 8.18. The fraction of sp³-hybridized carbons (Fsp3) is 0. The molecule has 112 valence electrons. The van der Waals surface area contributed by atoms with E-state index in [1.807, 2.05) is 35.7 Å². The minimum Gasteiger partial charge on any atom is -0.282 e. The van der Waals surface area contributed by atoms with Crippen molar-refractivity contribution in [3.63, 3.8) is 0 Å². The average molecular weight is 338 g/mol. The van der Waals surface area contributed by atoms with Gasteiger partial charge in [0.15, 0.2) is 0 Å². The molecule has 1 fully saturated rings. The summed E-state index contributed by atoms with van der Waals surface area (Å²) in [6.45, 7) is 0. The molecule has 0 atom stereocenters. The van der Waals surface area contributed by atoms with E-state index in [1.165, 1.54) is 4.88 Å². The summed E-state index contributed by atoms with van der Waals surface area (Å²) in [4.78, 5) is 28.9. The molecule has 1 aliphatic heterocycles. The van der Waals surface area contributed by atoms with Gasteiger partial charge >= 0.3 is 0 Å². The number of pyridine rings is 1. The number of hydrogen-bond acceptors (Lipinski definition) is 5. The first-order valence-electron chi connectivity index (χ1n) is 6.88. The molecule has 0 aliphatic carbocycles. The second kappa shape index (κ2) is 5.64. The first-order valence-corrected chi connectivity index (χ1v) is 8.58. The van der Waals surface area contributed by atoms with Crippen molar-refractivity contribution in [1.29, 1.82) is 0 Å². The third-order valence-electron chi connectivity index (χ3n) is 3.49. The number of amides is 2. The van der Waals surface area contributed by atoms with Crippen LogP contribution in [0.5, 0.6) is 0 Å². The van der Waals surface area contributed by atoms with E-state index in [1.54, 1.807) is 23.6 Å². The van der Waals surface area contributed by atoms with Crippen LogP contribution in [0.1, 0.15) is 5.56 Å². The maximum Gasteiger partial charge on any atom is 0.290 e. The van der Waals surface area contributed by atoms with E-state index < -0.39 is 0 Å². The maximum atomic E-state index is 11.7. The molecular weight excluding hydrogens is 328 g/mol. The minimum atomic E-state index is -0.343. The van der Waals surface area contributed by atoms with Crippen LogP contribution in [0, 0.1) is 0 Å². The molecule has 0 saturated carbocycles. The summed E-state index contributed by atoms with van der Waals surface area (Å²) in [6, 6.07) is 11.9. The Morgan fingerprint density at radius 1 is 1.13 bits per heavy atom. The zero-order valence-corrected chi connectivity index (χ0v) is 13.4. The fourth-order valence-corrected chi connectivity index (χ4v) is 3.92. The van der Waals surface area contributed by atoms with Crippen molar-refractivity contribution in [1.82, 2.24) is 10.3 Å². The van der Waals surface area contributed by atoms with E-state index in [0.29, 0.717) is 4.91 Å². The van der Waals surface area contributed by atoms with Gasteiger partial charge in [0.1, 0.15) is 0 Å². The van der Waals surface area contributed by atoms with Crippen LogP contribution >= 0.6 is 23.1 Å². The molecular formula is C17H10N2O2S2. The molecule has 1 saturated heterocycles. The van der Waals surface area contributed by atoms with Gasteiger partial charge in [-0.25, -0.2) is 0 Å². The SMILES string of the molecule is O=C1NC(=O)/C(=C\c2ccc3nccc(-c4cccs4)c3c2)S1. The van der Waals surface area contributed by atoms with Crippen molar-refractivity contribution in [3.05, 3.63) is 58.4 Å². The zero-order chi connectivity index (χ0) is 15.8. The first kappa shape index (κ1) is 14.2. The fourth-order valence-electron chi connectivity index (χ4n) is 2.47. The first-order chi connectivity index (χ1) is 11.2. The highest BCUT2D eigenvalue weighted by Crippen LogP contribution is 2.32. The van der Waals surface area contributed by atoms with Gasteiger partial charge in [0, 0.05) is 22.0 Å². The quantitative estimate of drug-likeness (QED) is 0.708. The van der Waals surface area contributed by atoms with Gasteiger partial charge in [-0.3, -0.25) is 19.9 Å². The molecule has 4 nitrogen and oxygen atoms in total. The number of fused-ring (bicyclic) bond motifs is 1. The minimum absolute atomic E-state index is 0.331. The highest BCUT2D eigenvalue weighted by Gasteiger charge is 2.24. The lowest BCUT2D eigenvalue weighted by Crippen LogP contribution is -2.17. The molecule has 2 amide bonds. The van der Waals surface area contributed by atoms with Crippen LogP contribution < -0.4 is 5.32 Å². The molecule has 3 heterocycles. The average Bonchev–Trinajstić information content (AvgIpc) is 3.17. The number of thioether (sulfide) groups is 1. The van der Waals surface area contributed by atoms with Crippen LogP contribution in [0.2, 0.25) is 0 Å². The summed E-state index contributed by atoms with van der Waals surface area (Å²) < 4.78 is 0. The van der Waals surface area contributed by atoms with Gasteiger partial charge in [0.25, 0.3) is 11.1 Å². The second-order valence-electron chi connectivity index (χ2n) is 4.96. The second-order valence-corrected chi connectivity index (χ2v) is 6.93. The Morgan fingerprint density at radius 3 is 2.78 bits per heavy atom. The van der Waals surface area contributed by atoms with Gasteiger partial charge in [-0.1, -0.05) is 12.1 Å². The monoisotopic (exact) mass is 338 g/mol. The maximum absolute atomic E-state index is 11.7. The normalized spacial score (nSPS) is 16.3. The molecule has 3 aromatic rings. The molecule has 0 spiro atoms. The highest BCUT2D eigenvalue weighted by atomic mass is 32.2. The van der Waals surface area contributed by atoms with E-state index >= 15 is 0 Å². The van der Waals surface area contributed by atoms with Gasteiger partial charge in [-0.2, -0.15) is 0 Å². The summed E-state index contributed by atoms with van der Waals surface area (Å²) >= 11 is 2.60. The number of imide groups is 1. The Labute approximate surface area is 140 Å². The molecule has 0 bridgehead atoms. The van der Waals surface area contributed by atoms with Crippen LogP contribution in [0.15, 0.2) is 52.9 Å². The summed E-state index contributed by atoms with van der Waals surface area (Å²) in [5, 5.41) is 5.00. The predicted octanol–water partition coefficient (Wildman–Crippen LogP) is 4.29. The van der Waals surface area contributed by atoms with Gasteiger partial charge in [-0.05, 0) is 53.0 Å². The van der Waals surface area contributed by atoms with Gasteiger partial charge in [0.05, 0.1) is 10.4 Å². The lowest BCUT2D eigenvalue weighted by molar-refractivity contribution is -0.115. The smallest absolute Gasteiger partial charge is 0.282 e. The lowest BCUT2D eigenvalue weighted by atomic mass is 10.0. The number of nitrogens with one attached hydrogen (secondary N) is 1. The van der Waals surface area contributed by atoms with Crippen LogP contribution in [0.3, 0.4) is 0 Å². The summed E-state index contributed by atoms with van der Waals surface area (Å²) in [7, 11) is 0. The topological polar surface area (TPSA) is 59.1 Å². The third kappa shape index (κ3) is 2.67. The van der Waals surface area contributed by atoms with E-state index in [2.05, 4.69) is 16.4 Å². The number of benzene rings is 1. The molecule has 1 aliphatic rings. The van der Waals surface area contributed by atoms with E-state index in [0.717, 1.165) is 33.8 Å². The van der Waals surface area contributed by atoms with Crippen LogP contribution in [-0.4, -0.2) is 16.1 Å². The number of thiophene rings is 1. The Morgan fingerprint density at radius 2 is 2.04 bits per heavy atom. The van der Waals surface area contributed by atoms with E-state index in [-0.39, 0.29) is 11.1 Å². The Hall–Kier alpha value is -2.44. The molecule has 1 aromatic carbocycles. The Balaban J connectivity index is 1.84.